The van der Waals surface area contributed by atoms with Gasteiger partial charge >= 0.3 is 5.97 Å². The fourth-order valence-corrected chi connectivity index (χ4v) is 1.08. The summed E-state index contributed by atoms with van der Waals surface area (Å²) in [6, 6.07) is 0. The van der Waals surface area contributed by atoms with Gasteiger partial charge in [-0.1, -0.05) is 0 Å². The van der Waals surface area contributed by atoms with Crippen LogP contribution >= 0.6 is 0 Å². The fourth-order valence-electron chi connectivity index (χ4n) is 1.08. The topological polar surface area (TPSA) is 102 Å². The van der Waals surface area contributed by atoms with E-state index in [1.165, 1.54) is 0 Å². The number of rotatable bonds is 12. The van der Waals surface area contributed by atoms with Gasteiger partial charge < -0.3 is 24.7 Å². The molecule has 0 atom stereocenters. The van der Waals surface area contributed by atoms with Crippen LogP contribution in [-0.4, -0.2) is 56.2 Å². The highest BCUT2D eigenvalue weighted by Gasteiger charge is 2.00. The number of hydrogen-bond donors (Lipinski definition) is 2. The molecule has 0 aromatic rings. The summed E-state index contributed by atoms with van der Waals surface area (Å²) in [6.45, 7) is 0.888. The van der Waals surface area contributed by atoms with Crippen LogP contribution < -0.4 is 5.32 Å². The number of carboxylic acids is 1. The average molecular weight is 261 g/mol. The third kappa shape index (κ3) is 12.6. The largest absolute Gasteiger partial charge is 0.480 e. The van der Waals surface area contributed by atoms with E-state index in [0.29, 0.717) is 32.4 Å². The van der Waals surface area contributed by atoms with Crippen LogP contribution in [0.5, 0.6) is 0 Å². The number of carbonyl (C=O) groups excluding carboxylic acids is 2. The van der Waals surface area contributed by atoms with E-state index in [-0.39, 0.29) is 25.7 Å². The van der Waals surface area contributed by atoms with Gasteiger partial charge in [-0.2, -0.15) is 0 Å². The number of unbranched alkanes of at least 4 members (excludes halogenated alkanes) is 1. The predicted molar refractivity (Wildman–Crippen MR) is 62.2 cm³/mol. The van der Waals surface area contributed by atoms with Crippen LogP contribution in [0.4, 0.5) is 0 Å². The molecule has 0 saturated heterocycles. The average Bonchev–Trinajstić information content (AvgIpc) is 2.32. The summed E-state index contributed by atoms with van der Waals surface area (Å²) in [5, 5.41) is 10.9. The molecule has 7 nitrogen and oxygen atoms in total. The Morgan fingerprint density at radius 2 is 1.89 bits per heavy atom. The first kappa shape index (κ1) is 16.5. The lowest BCUT2D eigenvalue weighted by molar-refractivity contribution is -0.142. The number of aliphatic carboxylic acids is 1. The van der Waals surface area contributed by atoms with E-state index in [1.807, 2.05) is 0 Å². The molecule has 0 aliphatic rings. The number of carbonyl (C=O) groups is 3. The molecule has 0 radical (unpaired) electrons. The minimum atomic E-state index is -1.02. The Morgan fingerprint density at radius 1 is 1.17 bits per heavy atom. The second kappa shape index (κ2) is 12.0. The van der Waals surface area contributed by atoms with Gasteiger partial charge in [-0.25, -0.2) is 4.79 Å². The SMILES string of the molecule is O=CCCCC(=O)NCCOCCOCC(=O)O. The molecule has 2 N–H and O–H groups in total. The standard InChI is InChI=1S/C11H19NO6/c13-5-2-1-3-10(14)12-4-6-17-7-8-18-9-11(15)16/h5H,1-4,6-9H2,(H,12,14)(H,15,16). The molecule has 0 heterocycles. The first-order chi connectivity index (χ1) is 8.66. The van der Waals surface area contributed by atoms with Gasteiger partial charge in [-0.15, -0.1) is 0 Å². The first-order valence-electron chi connectivity index (χ1n) is 5.74. The molecule has 1 amide bonds. The van der Waals surface area contributed by atoms with Crippen molar-refractivity contribution in [3.05, 3.63) is 0 Å². The van der Waals surface area contributed by atoms with Crippen molar-refractivity contribution in [3.8, 4) is 0 Å². The van der Waals surface area contributed by atoms with Crippen molar-refractivity contribution in [2.75, 3.05) is 33.0 Å². The van der Waals surface area contributed by atoms with Crippen LogP contribution in [0.25, 0.3) is 0 Å². The smallest absolute Gasteiger partial charge is 0.329 e. The highest BCUT2D eigenvalue weighted by molar-refractivity contribution is 5.76. The minimum Gasteiger partial charge on any atom is -0.480 e. The molecule has 0 aliphatic carbocycles. The normalized spacial score (nSPS) is 10.0. The Morgan fingerprint density at radius 3 is 2.56 bits per heavy atom. The van der Waals surface area contributed by atoms with Crippen LogP contribution in [0.2, 0.25) is 0 Å². The maximum absolute atomic E-state index is 11.2. The molecule has 0 spiro atoms. The van der Waals surface area contributed by atoms with Crippen molar-refractivity contribution in [1.29, 1.82) is 0 Å². The fraction of sp³-hybridized carbons (Fsp3) is 0.727. The second-order valence-electron chi connectivity index (χ2n) is 3.47. The number of ether oxygens (including phenoxy) is 2. The van der Waals surface area contributed by atoms with E-state index in [4.69, 9.17) is 14.6 Å². The third-order valence-electron chi connectivity index (χ3n) is 1.89. The summed E-state index contributed by atoms with van der Waals surface area (Å²) in [4.78, 5) is 31.3. The molecule has 0 rings (SSSR count). The Bertz CT molecular complexity index is 256. The number of amides is 1. The van der Waals surface area contributed by atoms with Gasteiger partial charge in [0.05, 0.1) is 19.8 Å². The quantitative estimate of drug-likeness (QED) is 0.366. The summed E-state index contributed by atoms with van der Waals surface area (Å²) < 4.78 is 9.85. The van der Waals surface area contributed by atoms with Gasteiger partial charge in [-0.05, 0) is 6.42 Å². The zero-order valence-electron chi connectivity index (χ0n) is 10.2. The van der Waals surface area contributed by atoms with E-state index in [2.05, 4.69) is 5.32 Å². The van der Waals surface area contributed by atoms with Gasteiger partial charge in [-0.3, -0.25) is 4.79 Å². The third-order valence-corrected chi connectivity index (χ3v) is 1.89. The molecule has 0 fully saturated rings. The number of carboxylic acid groups (broad SMARTS) is 1. The maximum Gasteiger partial charge on any atom is 0.329 e. The molecule has 7 heteroatoms. The maximum atomic E-state index is 11.2. The Labute approximate surface area is 105 Å². The Kier molecular flexibility index (Phi) is 11.0. The summed E-state index contributed by atoms with van der Waals surface area (Å²) in [6.07, 6.45) is 2.07. The van der Waals surface area contributed by atoms with Crippen molar-refractivity contribution >= 4 is 18.2 Å². The van der Waals surface area contributed by atoms with Gasteiger partial charge in [0.15, 0.2) is 0 Å². The molecule has 0 saturated carbocycles. The van der Waals surface area contributed by atoms with Crippen LogP contribution in [0.3, 0.4) is 0 Å². The zero-order valence-corrected chi connectivity index (χ0v) is 10.2. The summed E-state index contributed by atoms with van der Waals surface area (Å²) in [7, 11) is 0. The van der Waals surface area contributed by atoms with E-state index in [0.717, 1.165) is 6.29 Å². The molecule has 18 heavy (non-hydrogen) atoms. The zero-order chi connectivity index (χ0) is 13.6. The molecule has 0 aromatic carbocycles. The van der Waals surface area contributed by atoms with E-state index >= 15 is 0 Å². The summed E-state index contributed by atoms with van der Waals surface area (Å²) >= 11 is 0. The Balaban J connectivity index is 3.17. The highest BCUT2D eigenvalue weighted by Crippen LogP contribution is 1.91. The van der Waals surface area contributed by atoms with Crippen molar-refractivity contribution in [2.24, 2.45) is 0 Å². The predicted octanol–water partition coefficient (Wildman–Crippen LogP) is -0.410. The van der Waals surface area contributed by atoms with Gasteiger partial charge in [0.1, 0.15) is 12.9 Å². The number of nitrogens with one attached hydrogen (secondary N) is 1. The van der Waals surface area contributed by atoms with Crippen molar-refractivity contribution in [3.63, 3.8) is 0 Å². The lowest BCUT2D eigenvalue weighted by atomic mass is 10.2. The Hall–Kier alpha value is -1.47. The molecule has 0 aromatic heterocycles. The van der Waals surface area contributed by atoms with Crippen LogP contribution in [0.1, 0.15) is 19.3 Å². The van der Waals surface area contributed by atoms with Crippen molar-refractivity contribution < 1.29 is 29.0 Å². The van der Waals surface area contributed by atoms with Gasteiger partial charge in [0, 0.05) is 19.4 Å². The van der Waals surface area contributed by atoms with Gasteiger partial charge in [0.25, 0.3) is 0 Å². The lowest BCUT2D eigenvalue weighted by Gasteiger charge is -2.06. The minimum absolute atomic E-state index is 0.109. The van der Waals surface area contributed by atoms with E-state index in [1.54, 1.807) is 0 Å². The molecule has 104 valence electrons. The number of aldehydes is 1. The lowest BCUT2D eigenvalue weighted by Crippen LogP contribution is -2.27. The molecular formula is C11H19NO6. The molecule has 0 bridgehead atoms. The summed E-state index contributed by atoms with van der Waals surface area (Å²) in [5.41, 5.74) is 0. The van der Waals surface area contributed by atoms with Crippen molar-refractivity contribution in [1.82, 2.24) is 5.32 Å². The van der Waals surface area contributed by atoms with Crippen LogP contribution in [-0.2, 0) is 23.9 Å². The molecular weight excluding hydrogens is 242 g/mol. The van der Waals surface area contributed by atoms with Gasteiger partial charge in [0.2, 0.25) is 5.91 Å². The molecule has 0 unspecified atom stereocenters. The van der Waals surface area contributed by atoms with Crippen LogP contribution in [0.15, 0.2) is 0 Å². The number of hydrogen-bond acceptors (Lipinski definition) is 5. The second-order valence-corrected chi connectivity index (χ2v) is 3.47. The van der Waals surface area contributed by atoms with E-state index < -0.39 is 5.97 Å². The van der Waals surface area contributed by atoms with Crippen molar-refractivity contribution in [2.45, 2.75) is 19.3 Å². The van der Waals surface area contributed by atoms with Crippen LogP contribution in [0, 0.1) is 0 Å². The van der Waals surface area contributed by atoms with E-state index in [9.17, 15) is 14.4 Å². The monoisotopic (exact) mass is 261 g/mol. The highest BCUT2D eigenvalue weighted by atomic mass is 16.5. The molecule has 0 aliphatic heterocycles. The summed E-state index contributed by atoms with van der Waals surface area (Å²) in [5.74, 6) is -1.12. The first-order valence-corrected chi connectivity index (χ1v) is 5.74.